The van der Waals surface area contributed by atoms with Gasteiger partial charge < -0.3 is 15.0 Å². The number of amides is 1. The van der Waals surface area contributed by atoms with Crippen LogP contribution in [0, 0.1) is 5.82 Å². The number of carbonyl (C=O) groups excluding carboxylic acids is 1. The van der Waals surface area contributed by atoms with E-state index in [-0.39, 0.29) is 18.0 Å². The van der Waals surface area contributed by atoms with Gasteiger partial charge in [0.05, 0.1) is 0 Å². The van der Waals surface area contributed by atoms with Gasteiger partial charge in [-0.1, -0.05) is 11.6 Å². The van der Waals surface area contributed by atoms with E-state index < -0.39 is 5.60 Å². The number of nitrogens with zero attached hydrogens (tertiary/aromatic N) is 1. The summed E-state index contributed by atoms with van der Waals surface area (Å²) in [6.07, 6.45) is -0.344. The predicted molar refractivity (Wildman–Crippen MR) is 91.2 cm³/mol. The van der Waals surface area contributed by atoms with Crippen molar-refractivity contribution < 1.29 is 13.9 Å². The van der Waals surface area contributed by atoms with Crippen LogP contribution in [0.1, 0.15) is 40.2 Å². The molecule has 0 saturated carbocycles. The fourth-order valence-electron chi connectivity index (χ4n) is 1.98. The van der Waals surface area contributed by atoms with Crippen molar-refractivity contribution in [1.82, 2.24) is 10.2 Å². The molecule has 6 heteroatoms. The van der Waals surface area contributed by atoms with Crippen molar-refractivity contribution in [2.75, 3.05) is 13.1 Å². The first kappa shape index (κ1) is 19.7. The monoisotopic (exact) mass is 344 g/mol. The van der Waals surface area contributed by atoms with Gasteiger partial charge in [0.2, 0.25) is 0 Å². The average Bonchev–Trinajstić information content (AvgIpc) is 2.39. The molecule has 0 aliphatic rings. The van der Waals surface area contributed by atoms with Crippen LogP contribution in [0.4, 0.5) is 9.18 Å². The van der Waals surface area contributed by atoms with E-state index in [1.807, 2.05) is 34.6 Å². The van der Waals surface area contributed by atoms with Gasteiger partial charge in [-0.2, -0.15) is 0 Å². The van der Waals surface area contributed by atoms with Gasteiger partial charge in [0, 0.05) is 36.3 Å². The van der Waals surface area contributed by atoms with E-state index >= 15 is 0 Å². The van der Waals surface area contributed by atoms with Crippen molar-refractivity contribution in [2.45, 2.75) is 52.8 Å². The Morgan fingerprint density at radius 2 is 2.04 bits per heavy atom. The van der Waals surface area contributed by atoms with Crippen LogP contribution in [-0.4, -0.2) is 35.7 Å². The lowest BCUT2D eigenvalue weighted by atomic mass is 10.2. The molecule has 0 aliphatic carbocycles. The average molecular weight is 345 g/mol. The molecule has 4 nitrogen and oxygen atoms in total. The second-order valence-corrected chi connectivity index (χ2v) is 7.12. The summed E-state index contributed by atoms with van der Waals surface area (Å²) in [5.41, 5.74) is -0.0208. The lowest BCUT2D eigenvalue weighted by Gasteiger charge is -2.30. The molecule has 0 aliphatic heterocycles. The van der Waals surface area contributed by atoms with Crippen LogP contribution >= 0.6 is 11.6 Å². The summed E-state index contributed by atoms with van der Waals surface area (Å²) in [5, 5.41) is 3.63. The molecule has 0 saturated heterocycles. The molecule has 23 heavy (non-hydrogen) atoms. The molecule has 0 bridgehead atoms. The summed E-state index contributed by atoms with van der Waals surface area (Å²) in [5.74, 6) is -0.297. The number of ether oxygens (including phenoxy) is 1. The Balaban J connectivity index is 2.50. The Labute approximate surface area is 142 Å². The number of hydrogen-bond acceptors (Lipinski definition) is 3. The van der Waals surface area contributed by atoms with Gasteiger partial charge in [0.15, 0.2) is 0 Å². The summed E-state index contributed by atoms with van der Waals surface area (Å²) >= 11 is 5.86. The fourth-order valence-corrected chi connectivity index (χ4v) is 2.18. The summed E-state index contributed by atoms with van der Waals surface area (Å²) in [6, 6.07) is 4.48. The minimum Gasteiger partial charge on any atom is -0.444 e. The Hall–Kier alpha value is -1.33. The first-order chi connectivity index (χ1) is 10.6. The molecule has 1 aromatic rings. The van der Waals surface area contributed by atoms with Gasteiger partial charge in [-0.25, -0.2) is 9.18 Å². The first-order valence-electron chi connectivity index (χ1n) is 7.74. The maximum Gasteiger partial charge on any atom is 0.410 e. The highest BCUT2D eigenvalue weighted by molar-refractivity contribution is 6.30. The van der Waals surface area contributed by atoms with Crippen LogP contribution < -0.4 is 5.32 Å². The second kappa shape index (κ2) is 8.50. The molecule has 0 aromatic heterocycles. The molecule has 130 valence electrons. The quantitative estimate of drug-likeness (QED) is 0.786. The van der Waals surface area contributed by atoms with Gasteiger partial charge in [-0.3, -0.25) is 0 Å². The van der Waals surface area contributed by atoms with Gasteiger partial charge in [0.25, 0.3) is 0 Å². The maximum atomic E-state index is 13.6. The second-order valence-electron chi connectivity index (χ2n) is 6.68. The van der Waals surface area contributed by atoms with E-state index in [1.54, 1.807) is 11.0 Å². The molecule has 0 atom stereocenters. The Morgan fingerprint density at radius 1 is 1.39 bits per heavy atom. The van der Waals surface area contributed by atoms with Crippen LogP contribution in [0.25, 0.3) is 0 Å². The van der Waals surface area contributed by atoms with Crippen molar-refractivity contribution in [1.29, 1.82) is 0 Å². The van der Waals surface area contributed by atoms with E-state index in [0.717, 1.165) is 0 Å². The van der Waals surface area contributed by atoms with Crippen LogP contribution in [0.5, 0.6) is 0 Å². The summed E-state index contributed by atoms with van der Waals surface area (Å²) in [4.78, 5) is 13.8. The molecule has 1 N–H and O–H groups in total. The lowest BCUT2D eigenvalue weighted by Crippen LogP contribution is -2.44. The molecule has 0 radical (unpaired) electrons. The van der Waals surface area contributed by atoms with E-state index in [0.29, 0.717) is 30.2 Å². The van der Waals surface area contributed by atoms with Crippen molar-refractivity contribution in [3.63, 3.8) is 0 Å². The number of halogens is 2. The number of rotatable bonds is 6. The van der Waals surface area contributed by atoms with Crippen molar-refractivity contribution >= 4 is 17.7 Å². The molecule has 1 amide bonds. The van der Waals surface area contributed by atoms with E-state index in [1.165, 1.54) is 12.1 Å². The lowest BCUT2D eigenvalue weighted by molar-refractivity contribution is 0.0193. The SMILES string of the molecule is CC(C)N(CCNCc1cc(Cl)ccc1F)C(=O)OC(C)(C)C. The normalized spacial score (nSPS) is 11.7. The van der Waals surface area contributed by atoms with Crippen LogP contribution in [0.15, 0.2) is 18.2 Å². The molecule has 0 heterocycles. The Morgan fingerprint density at radius 3 is 2.61 bits per heavy atom. The smallest absolute Gasteiger partial charge is 0.410 e. The van der Waals surface area contributed by atoms with Crippen molar-refractivity contribution in [2.24, 2.45) is 0 Å². The van der Waals surface area contributed by atoms with Gasteiger partial charge in [-0.15, -0.1) is 0 Å². The minimum atomic E-state index is -0.526. The highest BCUT2D eigenvalue weighted by atomic mass is 35.5. The largest absolute Gasteiger partial charge is 0.444 e. The highest BCUT2D eigenvalue weighted by Gasteiger charge is 2.23. The van der Waals surface area contributed by atoms with Gasteiger partial charge in [0.1, 0.15) is 11.4 Å². The summed E-state index contributed by atoms with van der Waals surface area (Å²) in [7, 11) is 0. The molecular formula is C17H26ClFN2O2. The number of carbonyl (C=O) groups is 1. The molecule has 1 rings (SSSR count). The standard InChI is InChI=1S/C17H26ClFN2O2/c1-12(2)21(16(22)23-17(3,4)5)9-8-20-11-13-10-14(18)6-7-15(13)19/h6-7,10,12,20H,8-9,11H2,1-5H3. The first-order valence-corrected chi connectivity index (χ1v) is 8.12. The maximum absolute atomic E-state index is 13.6. The van der Waals surface area contributed by atoms with Crippen molar-refractivity contribution in [3.05, 3.63) is 34.6 Å². The zero-order valence-corrected chi connectivity index (χ0v) is 15.2. The van der Waals surface area contributed by atoms with Crippen LogP contribution in [-0.2, 0) is 11.3 Å². The zero-order valence-electron chi connectivity index (χ0n) is 14.5. The molecule has 0 fully saturated rings. The Bertz CT molecular complexity index is 530. The van der Waals surface area contributed by atoms with E-state index in [9.17, 15) is 9.18 Å². The molecule has 0 unspecified atom stereocenters. The number of nitrogens with one attached hydrogen (secondary N) is 1. The Kier molecular flexibility index (Phi) is 7.29. The van der Waals surface area contributed by atoms with Gasteiger partial charge in [-0.05, 0) is 52.8 Å². The third-order valence-electron chi connectivity index (χ3n) is 3.10. The predicted octanol–water partition coefficient (Wildman–Crippen LogP) is 4.21. The van der Waals surface area contributed by atoms with Crippen molar-refractivity contribution in [3.8, 4) is 0 Å². The number of hydrogen-bond donors (Lipinski definition) is 1. The summed E-state index contributed by atoms with van der Waals surface area (Å²) in [6.45, 7) is 10.7. The third kappa shape index (κ3) is 7.18. The van der Waals surface area contributed by atoms with Gasteiger partial charge >= 0.3 is 6.09 Å². The summed E-state index contributed by atoms with van der Waals surface area (Å²) < 4.78 is 19.0. The van der Waals surface area contributed by atoms with Crippen LogP contribution in [0.3, 0.4) is 0 Å². The highest BCUT2D eigenvalue weighted by Crippen LogP contribution is 2.15. The van der Waals surface area contributed by atoms with Crippen LogP contribution in [0.2, 0.25) is 5.02 Å². The third-order valence-corrected chi connectivity index (χ3v) is 3.34. The topological polar surface area (TPSA) is 41.6 Å². The fraction of sp³-hybridized carbons (Fsp3) is 0.588. The minimum absolute atomic E-state index is 0.0227. The number of benzene rings is 1. The van der Waals surface area contributed by atoms with E-state index in [4.69, 9.17) is 16.3 Å². The molecule has 1 aromatic carbocycles. The molecular weight excluding hydrogens is 319 g/mol. The zero-order chi connectivity index (χ0) is 17.6. The molecule has 0 spiro atoms. The van der Waals surface area contributed by atoms with E-state index in [2.05, 4.69) is 5.32 Å².